The summed E-state index contributed by atoms with van der Waals surface area (Å²) >= 11 is 0. The summed E-state index contributed by atoms with van der Waals surface area (Å²) in [6.07, 6.45) is 1.80. The van der Waals surface area contributed by atoms with Crippen LogP contribution in [-0.4, -0.2) is 41.6 Å². The van der Waals surface area contributed by atoms with E-state index in [9.17, 15) is 9.59 Å². The molecule has 0 spiro atoms. The van der Waals surface area contributed by atoms with Crippen molar-refractivity contribution in [2.75, 3.05) is 24.5 Å². The van der Waals surface area contributed by atoms with Crippen LogP contribution in [0.3, 0.4) is 0 Å². The molecule has 3 rings (SSSR count). The number of carboxylic acids is 1. The number of carbonyl (C=O) groups is 2. The molecule has 0 saturated carbocycles. The molecular weight excluding hydrogens is 268 g/mol. The molecule has 2 heterocycles. The fraction of sp³-hybridized carbons (Fsp3) is 0.500. The Bertz CT molecular complexity index is 610. The Hall–Kier alpha value is -2.04. The number of hydrogen-bond acceptors (Lipinski definition) is 2. The van der Waals surface area contributed by atoms with Crippen molar-refractivity contribution in [3.63, 3.8) is 0 Å². The fourth-order valence-corrected chi connectivity index (χ4v) is 3.16. The monoisotopic (exact) mass is 288 g/mol. The van der Waals surface area contributed by atoms with Crippen LogP contribution in [0, 0.1) is 5.41 Å². The van der Waals surface area contributed by atoms with Gasteiger partial charge >= 0.3 is 12.0 Å². The van der Waals surface area contributed by atoms with Gasteiger partial charge in [-0.15, -0.1) is 0 Å². The lowest BCUT2D eigenvalue weighted by Crippen LogP contribution is -2.42. The van der Waals surface area contributed by atoms with Crippen LogP contribution >= 0.6 is 0 Å². The highest BCUT2D eigenvalue weighted by Crippen LogP contribution is 2.33. The average molecular weight is 288 g/mol. The normalized spacial score (nSPS) is 19.7. The summed E-state index contributed by atoms with van der Waals surface area (Å²) in [5, 5.41) is 9.11. The van der Waals surface area contributed by atoms with E-state index in [-0.39, 0.29) is 17.0 Å². The fourth-order valence-electron chi connectivity index (χ4n) is 3.16. The van der Waals surface area contributed by atoms with Crippen molar-refractivity contribution in [3.05, 3.63) is 29.3 Å². The maximum Gasteiger partial charge on any atom is 0.335 e. The van der Waals surface area contributed by atoms with E-state index in [2.05, 4.69) is 13.8 Å². The SMILES string of the molecule is CC1(C)CCN(C(=O)N2CCc3ccc(C(=O)O)cc32)C1. The van der Waals surface area contributed by atoms with E-state index in [0.29, 0.717) is 6.54 Å². The summed E-state index contributed by atoms with van der Waals surface area (Å²) in [6.45, 7) is 6.50. The molecule has 1 fully saturated rings. The number of hydrogen-bond donors (Lipinski definition) is 1. The number of amides is 2. The zero-order chi connectivity index (χ0) is 15.2. The van der Waals surface area contributed by atoms with Gasteiger partial charge in [-0.1, -0.05) is 19.9 Å². The molecular formula is C16H20N2O3. The minimum Gasteiger partial charge on any atom is -0.478 e. The van der Waals surface area contributed by atoms with E-state index in [4.69, 9.17) is 5.11 Å². The standard InChI is InChI=1S/C16H20N2O3/c1-16(2)6-8-17(10-16)15(21)18-7-5-11-3-4-12(14(19)20)9-13(11)18/h3-4,9H,5-8,10H2,1-2H3,(H,19,20). The van der Waals surface area contributed by atoms with E-state index >= 15 is 0 Å². The van der Waals surface area contributed by atoms with Crippen molar-refractivity contribution < 1.29 is 14.7 Å². The number of carbonyl (C=O) groups excluding carboxylic acids is 1. The molecule has 112 valence electrons. The van der Waals surface area contributed by atoms with Gasteiger partial charge in [0.15, 0.2) is 0 Å². The van der Waals surface area contributed by atoms with Gasteiger partial charge in [0.25, 0.3) is 0 Å². The van der Waals surface area contributed by atoms with Crippen molar-refractivity contribution in [3.8, 4) is 0 Å². The lowest BCUT2D eigenvalue weighted by atomic mass is 9.93. The van der Waals surface area contributed by atoms with Crippen LogP contribution in [0.1, 0.15) is 36.2 Å². The summed E-state index contributed by atoms with van der Waals surface area (Å²) in [4.78, 5) is 27.4. The van der Waals surface area contributed by atoms with Crippen molar-refractivity contribution in [1.29, 1.82) is 0 Å². The predicted octanol–water partition coefficient (Wildman–Crippen LogP) is 2.60. The highest BCUT2D eigenvalue weighted by Gasteiger charge is 2.36. The van der Waals surface area contributed by atoms with Crippen LogP contribution in [-0.2, 0) is 6.42 Å². The van der Waals surface area contributed by atoms with Crippen LogP contribution in [0.2, 0.25) is 0 Å². The third kappa shape index (κ3) is 2.48. The second-order valence-electron chi connectivity index (χ2n) is 6.67. The van der Waals surface area contributed by atoms with Gasteiger partial charge in [-0.2, -0.15) is 0 Å². The molecule has 0 atom stereocenters. The van der Waals surface area contributed by atoms with Gasteiger partial charge < -0.3 is 10.0 Å². The molecule has 5 nitrogen and oxygen atoms in total. The summed E-state index contributed by atoms with van der Waals surface area (Å²) in [5.74, 6) is -0.959. The smallest absolute Gasteiger partial charge is 0.335 e. The Kier molecular flexibility index (Phi) is 3.15. The van der Waals surface area contributed by atoms with E-state index in [1.165, 1.54) is 0 Å². The van der Waals surface area contributed by atoms with E-state index in [0.717, 1.165) is 37.2 Å². The predicted molar refractivity (Wildman–Crippen MR) is 79.8 cm³/mol. The average Bonchev–Trinajstić information content (AvgIpc) is 3.00. The maximum absolute atomic E-state index is 12.7. The molecule has 5 heteroatoms. The highest BCUT2D eigenvalue weighted by atomic mass is 16.4. The third-order valence-electron chi connectivity index (χ3n) is 4.41. The first-order chi connectivity index (χ1) is 9.87. The maximum atomic E-state index is 12.7. The van der Waals surface area contributed by atoms with Crippen molar-refractivity contribution in [2.24, 2.45) is 5.41 Å². The quantitative estimate of drug-likeness (QED) is 0.864. The minimum atomic E-state index is -0.959. The summed E-state index contributed by atoms with van der Waals surface area (Å²) < 4.78 is 0. The Balaban J connectivity index is 1.85. The van der Waals surface area contributed by atoms with Crippen LogP contribution in [0.4, 0.5) is 10.5 Å². The number of anilines is 1. The highest BCUT2D eigenvalue weighted by molar-refractivity contribution is 5.97. The Morgan fingerprint density at radius 2 is 2.00 bits per heavy atom. The summed E-state index contributed by atoms with van der Waals surface area (Å²) in [6, 6.07) is 5.04. The zero-order valence-electron chi connectivity index (χ0n) is 12.4. The molecule has 1 saturated heterocycles. The van der Waals surface area contributed by atoms with Gasteiger partial charge in [-0.3, -0.25) is 4.90 Å². The summed E-state index contributed by atoms with van der Waals surface area (Å²) in [7, 11) is 0. The van der Waals surface area contributed by atoms with E-state index in [1.54, 1.807) is 17.0 Å². The molecule has 0 bridgehead atoms. The van der Waals surface area contributed by atoms with Gasteiger partial charge in [-0.25, -0.2) is 9.59 Å². The molecule has 2 aliphatic heterocycles. The molecule has 2 amide bonds. The van der Waals surface area contributed by atoms with Crippen LogP contribution in [0.25, 0.3) is 0 Å². The van der Waals surface area contributed by atoms with Crippen molar-refractivity contribution in [2.45, 2.75) is 26.7 Å². The molecule has 0 unspecified atom stereocenters. The number of urea groups is 1. The second-order valence-corrected chi connectivity index (χ2v) is 6.67. The number of benzene rings is 1. The Labute approximate surface area is 124 Å². The second kappa shape index (κ2) is 4.76. The molecule has 2 aliphatic rings. The van der Waals surface area contributed by atoms with Gasteiger partial charge in [0.2, 0.25) is 0 Å². The largest absolute Gasteiger partial charge is 0.478 e. The minimum absolute atomic E-state index is 0.00173. The number of fused-ring (bicyclic) bond motifs is 1. The molecule has 1 aromatic carbocycles. The molecule has 0 radical (unpaired) electrons. The molecule has 21 heavy (non-hydrogen) atoms. The van der Waals surface area contributed by atoms with Gasteiger partial charge in [0.05, 0.1) is 5.56 Å². The number of nitrogens with zero attached hydrogens (tertiary/aromatic N) is 2. The van der Waals surface area contributed by atoms with Gasteiger partial charge in [0.1, 0.15) is 0 Å². The number of aromatic carboxylic acids is 1. The number of rotatable bonds is 1. The molecule has 0 aromatic heterocycles. The lowest BCUT2D eigenvalue weighted by molar-refractivity contribution is 0.0697. The number of carboxylic acid groups (broad SMARTS) is 1. The van der Waals surface area contributed by atoms with Crippen molar-refractivity contribution in [1.82, 2.24) is 4.90 Å². The third-order valence-corrected chi connectivity index (χ3v) is 4.41. The number of likely N-dealkylation sites (tertiary alicyclic amines) is 1. The topological polar surface area (TPSA) is 60.9 Å². The first-order valence-corrected chi connectivity index (χ1v) is 7.30. The first-order valence-electron chi connectivity index (χ1n) is 7.30. The van der Waals surface area contributed by atoms with Crippen LogP contribution in [0.15, 0.2) is 18.2 Å². The van der Waals surface area contributed by atoms with Gasteiger partial charge in [-0.05, 0) is 36.0 Å². The Morgan fingerprint density at radius 3 is 2.62 bits per heavy atom. The van der Waals surface area contributed by atoms with Crippen molar-refractivity contribution >= 4 is 17.7 Å². The van der Waals surface area contributed by atoms with Crippen LogP contribution in [0.5, 0.6) is 0 Å². The molecule has 1 aromatic rings. The van der Waals surface area contributed by atoms with Gasteiger partial charge in [0, 0.05) is 25.3 Å². The van der Waals surface area contributed by atoms with E-state index < -0.39 is 5.97 Å². The van der Waals surface area contributed by atoms with E-state index in [1.807, 2.05) is 11.0 Å². The first kappa shape index (κ1) is 13.9. The lowest BCUT2D eigenvalue weighted by Gasteiger charge is -2.26. The van der Waals surface area contributed by atoms with Crippen LogP contribution < -0.4 is 4.90 Å². The zero-order valence-corrected chi connectivity index (χ0v) is 12.4. The Morgan fingerprint density at radius 1 is 1.24 bits per heavy atom. The summed E-state index contributed by atoms with van der Waals surface area (Å²) in [5.41, 5.74) is 2.20. The molecule has 0 aliphatic carbocycles. The molecule has 1 N–H and O–H groups in total.